The van der Waals surface area contributed by atoms with E-state index in [9.17, 15) is 4.79 Å². The highest BCUT2D eigenvalue weighted by Crippen LogP contribution is 2.29. The molecule has 8 heteroatoms. The number of morpholine rings is 1. The third-order valence-electron chi connectivity index (χ3n) is 4.72. The highest BCUT2D eigenvalue weighted by Gasteiger charge is 2.28. The molecule has 1 aliphatic heterocycles. The standard InChI is InChI=1S/C19H18Cl2N4O2/c20-13-4-3-5-14(17(13)21)23-19(26)18-22-15(12-24-8-10-27-11-9-24)16-6-1-2-7-25(16)18/h1-7H,8-12H2,(H,23,26)/p+2. The van der Waals surface area contributed by atoms with Gasteiger partial charge in [0, 0.05) is 0 Å². The Morgan fingerprint density at radius 2 is 2.00 bits per heavy atom. The van der Waals surface area contributed by atoms with Gasteiger partial charge in [0.05, 0.1) is 35.1 Å². The molecule has 1 amide bonds. The topological polar surface area (TPSA) is 62.7 Å². The number of ether oxygens (including phenoxy) is 1. The van der Waals surface area contributed by atoms with E-state index in [1.165, 1.54) is 4.90 Å². The molecule has 3 aromatic rings. The first-order chi connectivity index (χ1) is 13.1. The monoisotopic (exact) mass is 406 g/mol. The Hall–Kier alpha value is -2.12. The highest BCUT2D eigenvalue weighted by molar-refractivity contribution is 6.44. The van der Waals surface area contributed by atoms with E-state index in [0.29, 0.717) is 21.6 Å². The number of aromatic nitrogens is 2. The van der Waals surface area contributed by atoms with Gasteiger partial charge in [-0.15, -0.1) is 0 Å². The number of halogens is 2. The fourth-order valence-electron chi connectivity index (χ4n) is 3.32. The van der Waals surface area contributed by atoms with Crippen LogP contribution in [0.1, 0.15) is 16.3 Å². The molecule has 1 fully saturated rings. The van der Waals surface area contributed by atoms with E-state index in [1.54, 1.807) is 18.2 Å². The third kappa shape index (κ3) is 3.80. The summed E-state index contributed by atoms with van der Waals surface area (Å²) in [7, 11) is 0. The molecule has 0 spiro atoms. The van der Waals surface area contributed by atoms with Gasteiger partial charge in [-0.25, -0.2) is 4.98 Å². The number of imidazole rings is 1. The van der Waals surface area contributed by atoms with Crippen molar-refractivity contribution in [1.82, 2.24) is 4.98 Å². The Kier molecular flexibility index (Phi) is 5.31. The summed E-state index contributed by atoms with van der Waals surface area (Å²) in [4.78, 5) is 17.6. The fraction of sp³-hybridized carbons (Fsp3) is 0.263. The van der Waals surface area contributed by atoms with E-state index >= 15 is 0 Å². The molecule has 0 unspecified atom stereocenters. The average Bonchev–Trinajstić information content (AvgIpc) is 3.05. The number of nitrogens with one attached hydrogen (secondary N) is 3. The van der Waals surface area contributed by atoms with Crippen LogP contribution >= 0.6 is 23.2 Å². The first kappa shape index (κ1) is 18.3. The van der Waals surface area contributed by atoms with Crippen molar-refractivity contribution in [2.45, 2.75) is 6.54 Å². The minimum absolute atomic E-state index is 0.274. The number of aromatic amines is 1. The number of amides is 1. The molecule has 0 atom stereocenters. The van der Waals surface area contributed by atoms with Crippen molar-refractivity contribution in [2.75, 3.05) is 31.6 Å². The molecule has 2 aromatic heterocycles. The molecular formula is C19H20Cl2N4O2+2. The number of hydrogen-bond acceptors (Lipinski definition) is 2. The molecule has 0 bridgehead atoms. The van der Waals surface area contributed by atoms with E-state index in [2.05, 4.69) is 10.3 Å². The highest BCUT2D eigenvalue weighted by atomic mass is 35.5. The van der Waals surface area contributed by atoms with Crippen molar-refractivity contribution in [3.05, 3.63) is 64.2 Å². The van der Waals surface area contributed by atoms with Crippen LogP contribution in [0.4, 0.5) is 5.69 Å². The molecule has 1 aromatic carbocycles. The number of carbonyl (C=O) groups excluding carboxylic acids is 1. The van der Waals surface area contributed by atoms with E-state index in [1.807, 2.05) is 28.8 Å². The lowest BCUT2D eigenvalue weighted by Crippen LogP contribution is -3.12. The number of rotatable bonds is 4. The SMILES string of the molecule is O=C(Nc1cccc(Cl)c1Cl)c1[nH]c(C[NH+]2CCOCC2)c2cccc[n+]12. The lowest BCUT2D eigenvalue weighted by molar-refractivity contribution is -0.921. The van der Waals surface area contributed by atoms with E-state index < -0.39 is 0 Å². The number of fused-ring (bicyclic) bond motifs is 1. The first-order valence-corrected chi connectivity index (χ1v) is 9.57. The molecule has 0 radical (unpaired) electrons. The Labute approximate surface area is 166 Å². The molecule has 1 saturated heterocycles. The number of carbonyl (C=O) groups is 1. The van der Waals surface area contributed by atoms with E-state index in [0.717, 1.165) is 44.1 Å². The second-order valence-electron chi connectivity index (χ2n) is 6.50. The summed E-state index contributed by atoms with van der Waals surface area (Å²) in [6.45, 7) is 4.25. The summed E-state index contributed by atoms with van der Waals surface area (Å²) >= 11 is 12.2. The first-order valence-electron chi connectivity index (χ1n) is 8.81. The normalized spacial score (nSPS) is 15.2. The number of quaternary nitrogens is 1. The summed E-state index contributed by atoms with van der Waals surface area (Å²) in [5.74, 6) is 0.174. The van der Waals surface area contributed by atoms with Crippen LogP contribution in [-0.4, -0.2) is 37.2 Å². The Morgan fingerprint density at radius 1 is 1.19 bits per heavy atom. The van der Waals surface area contributed by atoms with Crippen LogP contribution in [0, 0.1) is 0 Å². The van der Waals surface area contributed by atoms with Gasteiger partial charge in [-0.1, -0.05) is 35.3 Å². The van der Waals surface area contributed by atoms with Crippen LogP contribution in [0.2, 0.25) is 10.0 Å². The molecule has 3 heterocycles. The predicted octanol–water partition coefficient (Wildman–Crippen LogP) is 1.73. The number of pyridine rings is 1. The summed E-state index contributed by atoms with van der Waals surface area (Å²) in [5.41, 5.74) is 2.49. The smallest absolute Gasteiger partial charge is 0.351 e. The van der Waals surface area contributed by atoms with Crippen LogP contribution < -0.4 is 14.6 Å². The number of H-pyrrole nitrogens is 1. The second kappa shape index (κ2) is 7.86. The zero-order valence-corrected chi connectivity index (χ0v) is 16.1. The van der Waals surface area contributed by atoms with Crippen molar-refractivity contribution in [3.63, 3.8) is 0 Å². The Balaban J connectivity index is 1.64. The van der Waals surface area contributed by atoms with Gasteiger partial charge in [0.15, 0.2) is 5.52 Å². The van der Waals surface area contributed by atoms with Crippen LogP contribution in [0.3, 0.4) is 0 Å². The predicted molar refractivity (Wildman–Crippen MR) is 104 cm³/mol. The van der Waals surface area contributed by atoms with E-state index in [4.69, 9.17) is 27.9 Å². The summed E-state index contributed by atoms with van der Waals surface area (Å²) in [5, 5.41) is 3.57. The number of benzene rings is 1. The maximum Gasteiger partial charge on any atom is 0.351 e. The van der Waals surface area contributed by atoms with Gasteiger partial charge in [-0.05, 0) is 24.3 Å². The molecule has 1 aliphatic rings. The second-order valence-corrected chi connectivity index (χ2v) is 7.29. The molecule has 6 nitrogen and oxygen atoms in total. The molecule has 4 rings (SSSR count). The summed E-state index contributed by atoms with van der Waals surface area (Å²) in [6, 6.07) is 11.0. The molecule has 0 saturated carbocycles. The Bertz CT molecular complexity index is 983. The van der Waals surface area contributed by atoms with Gasteiger partial charge < -0.3 is 15.0 Å². The molecule has 3 N–H and O–H groups in total. The van der Waals surface area contributed by atoms with Crippen molar-refractivity contribution in [1.29, 1.82) is 0 Å². The van der Waals surface area contributed by atoms with E-state index in [-0.39, 0.29) is 5.91 Å². The maximum absolute atomic E-state index is 12.9. The lowest BCUT2D eigenvalue weighted by Gasteiger charge is -2.22. The van der Waals surface area contributed by atoms with Crippen LogP contribution in [0.25, 0.3) is 5.52 Å². The Morgan fingerprint density at radius 3 is 2.81 bits per heavy atom. The van der Waals surface area contributed by atoms with Crippen LogP contribution in [0.15, 0.2) is 42.6 Å². The van der Waals surface area contributed by atoms with Crippen molar-refractivity contribution in [2.24, 2.45) is 0 Å². The zero-order chi connectivity index (χ0) is 18.8. The van der Waals surface area contributed by atoms with Gasteiger partial charge >= 0.3 is 11.7 Å². The molecule has 140 valence electrons. The van der Waals surface area contributed by atoms with Crippen molar-refractivity contribution < 1.29 is 18.8 Å². The number of nitrogens with zero attached hydrogens (tertiary/aromatic N) is 1. The average molecular weight is 407 g/mol. The number of hydrogen-bond donors (Lipinski definition) is 3. The third-order valence-corrected chi connectivity index (χ3v) is 5.54. The molecule has 0 aliphatic carbocycles. The quantitative estimate of drug-likeness (QED) is 0.577. The van der Waals surface area contributed by atoms with Crippen molar-refractivity contribution >= 4 is 40.3 Å². The zero-order valence-electron chi connectivity index (χ0n) is 14.6. The summed E-state index contributed by atoms with van der Waals surface area (Å²) in [6.07, 6.45) is 1.87. The van der Waals surface area contributed by atoms with Gasteiger partial charge in [0.1, 0.15) is 19.6 Å². The fourth-order valence-corrected chi connectivity index (χ4v) is 3.67. The number of anilines is 1. The summed E-state index contributed by atoms with van der Waals surface area (Å²) < 4.78 is 7.30. The van der Waals surface area contributed by atoms with Gasteiger partial charge in [0.2, 0.25) is 5.69 Å². The van der Waals surface area contributed by atoms with Crippen LogP contribution in [-0.2, 0) is 11.3 Å². The minimum atomic E-state index is -0.274. The molecular weight excluding hydrogens is 387 g/mol. The molecule has 27 heavy (non-hydrogen) atoms. The minimum Gasteiger partial charge on any atom is -0.370 e. The van der Waals surface area contributed by atoms with Gasteiger partial charge in [-0.2, -0.15) is 4.40 Å². The van der Waals surface area contributed by atoms with Gasteiger partial charge in [0.25, 0.3) is 0 Å². The van der Waals surface area contributed by atoms with Crippen LogP contribution in [0.5, 0.6) is 0 Å². The largest absolute Gasteiger partial charge is 0.370 e. The van der Waals surface area contributed by atoms with Crippen molar-refractivity contribution in [3.8, 4) is 0 Å². The lowest BCUT2D eigenvalue weighted by atomic mass is 10.3. The van der Waals surface area contributed by atoms with Gasteiger partial charge in [-0.3, -0.25) is 4.79 Å². The maximum atomic E-state index is 12.9.